The number of ether oxygens (including phenoxy) is 2. The van der Waals surface area contributed by atoms with Gasteiger partial charge in [-0.3, -0.25) is 4.79 Å². The number of furan rings is 2. The van der Waals surface area contributed by atoms with Crippen molar-refractivity contribution < 1.29 is 23.1 Å². The minimum atomic E-state index is -0.434. The molecule has 5 aromatic rings. The zero-order valence-electron chi connectivity index (χ0n) is 17.4. The zero-order chi connectivity index (χ0) is 22.9. The lowest BCUT2D eigenvalue weighted by atomic mass is 10.1. The molecule has 0 saturated heterocycles. The Morgan fingerprint density at radius 2 is 1.76 bits per heavy atom. The first kappa shape index (κ1) is 21.2. The average molecular weight is 482 g/mol. The van der Waals surface area contributed by atoms with E-state index in [-0.39, 0.29) is 12.4 Å². The maximum Gasteiger partial charge on any atom is 0.291 e. The number of amides is 1. The number of para-hydroxylation sites is 1. The maximum atomic E-state index is 12.8. The van der Waals surface area contributed by atoms with Gasteiger partial charge in [-0.1, -0.05) is 41.4 Å². The molecule has 0 aliphatic carbocycles. The van der Waals surface area contributed by atoms with Crippen LogP contribution in [-0.2, 0) is 6.61 Å². The molecule has 5 rings (SSSR count). The molecule has 0 unspecified atom stereocenters. The molecule has 2 heterocycles. The van der Waals surface area contributed by atoms with Crippen molar-refractivity contribution in [2.45, 2.75) is 6.61 Å². The van der Waals surface area contributed by atoms with E-state index in [0.717, 1.165) is 16.4 Å². The SMILES string of the molecule is COc1cc2c(cc1NC(=O)c1ccc(COc3cc(Cl)ccc3Cl)o1)oc1ccccc12. The highest BCUT2D eigenvalue weighted by molar-refractivity contribution is 6.34. The van der Waals surface area contributed by atoms with E-state index in [2.05, 4.69) is 5.32 Å². The number of carbonyl (C=O) groups is 1. The molecule has 6 nitrogen and oxygen atoms in total. The highest BCUT2D eigenvalue weighted by Gasteiger charge is 2.17. The lowest BCUT2D eigenvalue weighted by molar-refractivity contribution is 0.0992. The van der Waals surface area contributed by atoms with Gasteiger partial charge in [0.2, 0.25) is 0 Å². The molecular formula is C25H17Cl2NO5. The summed E-state index contributed by atoms with van der Waals surface area (Å²) in [6, 6.07) is 19.4. The fourth-order valence-electron chi connectivity index (χ4n) is 3.52. The Morgan fingerprint density at radius 3 is 2.61 bits per heavy atom. The van der Waals surface area contributed by atoms with Crippen LogP contribution in [0.25, 0.3) is 21.9 Å². The molecule has 0 atom stereocenters. The van der Waals surface area contributed by atoms with Gasteiger partial charge in [0.15, 0.2) is 5.76 Å². The number of nitrogens with one attached hydrogen (secondary N) is 1. The predicted octanol–water partition coefficient (Wildman–Crippen LogP) is 7.33. The average Bonchev–Trinajstić information content (AvgIpc) is 3.43. The molecule has 0 aliphatic rings. The molecule has 33 heavy (non-hydrogen) atoms. The summed E-state index contributed by atoms with van der Waals surface area (Å²) < 4.78 is 22.7. The van der Waals surface area contributed by atoms with Gasteiger partial charge in [-0.15, -0.1) is 0 Å². The minimum Gasteiger partial charge on any atom is -0.495 e. The van der Waals surface area contributed by atoms with Crippen LogP contribution in [0.15, 0.2) is 75.6 Å². The van der Waals surface area contributed by atoms with Gasteiger partial charge in [0.25, 0.3) is 5.91 Å². The van der Waals surface area contributed by atoms with Crippen molar-refractivity contribution in [1.29, 1.82) is 0 Å². The Balaban J connectivity index is 1.35. The molecule has 1 N–H and O–H groups in total. The maximum absolute atomic E-state index is 12.8. The number of fused-ring (bicyclic) bond motifs is 3. The molecule has 166 valence electrons. The molecule has 8 heteroatoms. The summed E-state index contributed by atoms with van der Waals surface area (Å²) in [6.07, 6.45) is 0. The van der Waals surface area contributed by atoms with Crippen LogP contribution in [0.5, 0.6) is 11.5 Å². The number of halogens is 2. The van der Waals surface area contributed by atoms with Crippen LogP contribution in [-0.4, -0.2) is 13.0 Å². The second-order valence-corrected chi connectivity index (χ2v) is 8.07. The number of hydrogen-bond donors (Lipinski definition) is 1. The fraction of sp³-hybridized carbons (Fsp3) is 0.0800. The van der Waals surface area contributed by atoms with Crippen LogP contribution < -0.4 is 14.8 Å². The first-order chi connectivity index (χ1) is 16.0. The molecule has 2 aromatic heterocycles. The number of carbonyl (C=O) groups excluding carboxylic acids is 1. The second-order valence-electron chi connectivity index (χ2n) is 7.23. The monoisotopic (exact) mass is 481 g/mol. The molecule has 1 amide bonds. The van der Waals surface area contributed by atoms with Gasteiger partial charge in [-0.2, -0.15) is 0 Å². The predicted molar refractivity (Wildman–Crippen MR) is 128 cm³/mol. The Hall–Kier alpha value is -3.61. The van der Waals surface area contributed by atoms with Crippen LogP contribution in [0.1, 0.15) is 16.3 Å². The molecule has 0 fully saturated rings. The summed E-state index contributed by atoms with van der Waals surface area (Å²) in [5.41, 5.74) is 1.86. The van der Waals surface area contributed by atoms with Gasteiger partial charge in [-0.05, 0) is 36.4 Å². The van der Waals surface area contributed by atoms with Crippen LogP contribution in [0.3, 0.4) is 0 Å². The van der Waals surface area contributed by atoms with E-state index >= 15 is 0 Å². The number of hydrogen-bond acceptors (Lipinski definition) is 5. The smallest absolute Gasteiger partial charge is 0.291 e. The van der Waals surface area contributed by atoms with Crippen LogP contribution in [0, 0.1) is 0 Å². The number of anilines is 1. The number of methoxy groups -OCH3 is 1. The third-order valence-electron chi connectivity index (χ3n) is 5.10. The molecular weight excluding hydrogens is 465 g/mol. The minimum absolute atomic E-state index is 0.0849. The zero-order valence-corrected chi connectivity index (χ0v) is 18.9. The lowest BCUT2D eigenvalue weighted by Crippen LogP contribution is -2.11. The van der Waals surface area contributed by atoms with Gasteiger partial charge >= 0.3 is 0 Å². The first-order valence-electron chi connectivity index (χ1n) is 9.99. The molecule has 0 bridgehead atoms. The summed E-state index contributed by atoms with van der Waals surface area (Å²) in [4.78, 5) is 12.8. The lowest BCUT2D eigenvalue weighted by Gasteiger charge is -2.09. The van der Waals surface area contributed by atoms with Gasteiger partial charge in [-0.25, -0.2) is 0 Å². The van der Waals surface area contributed by atoms with E-state index in [9.17, 15) is 4.79 Å². The van der Waals surface area contributed by atoms with Crippen molar-refractivity contribution in [3.8, 4) is 11.5 Å². The summed E-state index contributed by atoms with van der Waals surface area (Å²) in [6.45, 7) is 0.0849. The van der Waals surface area contributed by atoms with E-state index < -0.39 is 5.91 Å². The summed E-state index contributed by atoms with van der Waals surface area (Å²) in [5.74, 6) is 1.08. The van der Waals surface area contributed by atoms with E-state index in [1.807, 2.05) is 30.3 Å². The number of benzene rings is 3. The quantitative estimate of drug-likeness (QED) is 0.274. The summed E-state index contributed by atoms with van der Waals surface area (Å²) in [5, 5.41) is 5.62. The van der Waals surface area contributed by atoms with Crippen molar-refractivity contribution in [2.75, 3.05) is 12.4 Å². The van der Waals surface area contributed by atoms with E-state index in [1.165, 1.54) is 0 Å². The Kier molecular flexibility index (Phi) is 5.62. The highest BCUT2D eigenvalue weighted by atomic mass is 35.5. The standard InChI is InChI=1S/C25H17Cl2NO5/c1-30-24-11-17-16-4-2-3-5-20(16)33-22(17)12-19(24)28-25(29)21-9-7-15(32-21)13-31-23-10-14(26)6-8-18(23)27/h2-12H,13H2,1H3,(H,28,29). The van der Waals surface area contributed by atoms with Crippen molar-refractivity contribution >= 4 is 56.7 Å². The molecule has 0 aliphatic heterocycles. The topological polar surface area (TPSA) is 73.8 Å². The molecule has 0 spiro atoms. The third kappa shape index (κ3) is 4.23. The van der Waals surface area contributed by atoms with Crippen molar-refractivity contribution in [1.82, 2.24) is 0 Å². The van der Waals surface area contributed by atoms with Gasteiger partial charge in [0, 0.05) is 27.9 Å². The Labute approximate surface area is 198 Å². The molecule has 0 radical (unpaired) electrons. The molecule has 3 aromatic carbocycles. The fourth-order valence-corrected chi connectivity index (χ4v) is 3.85. The van der Waals surface area contributed by atoms with Crippen molar-refractivity contribution in [3.05, 3.63) is 88.3 Å². The molecule has 0 saturated carbocycles. The normalized spacial score (nSPS) is 11.1. The van der Waals surface area contributed by atoms with Crippen molar-refractivity contribution in [2.24, 2.45) is 0 Å². The highest BCUT2D eigenvalue weighted by Crippen LogP contribution is 2.36. The van der Waals surface area contributed by atoms with E-state index in [4.69, 9.17) is 41.5 Å². The summed E-state index contributed by atoms with van der Waals surface area (Å²) in [7, 11) is 1.54. The Morgan fingerprint density at radius 1 is 0.909 bits per heavy atom. The van der Waals surface area contributed by atoms with Crippen LogP contribution >= 0.6 is 23.2 Å². The third-order valence-corrected chi connectivity index (χ3v) is 5.64. The van der Waals surface area contributed by atoms with E-state index in [1.54, 1.807) is 43.5 Å². The van der Waals surface area contributed by atoms with Gasteiger partial charge in [0.05, 0.1) is 17.8 Å². The second kappa shape index (κ2) is 8.73. The van der Waals surface area contributed by atoms with Gasteiger partial charge < -0.3 is 23.6 Å². The van der Waals surface area contributed by atoms with Crippen LogP contribution in [0.2, 0.25) is 10.0 Å². The van der Waals surface area contributed by atoms with Gasteiger partial charge in [0.1, 0.15) is 35.0 Å². The first-order valence-corrected chi connectivity index (χ1v) is 10.7. The van der Waals surface area contributed by atoms with Crippen molar-refractivity contribution in [3.63, 3.8) is 0 Å². The van der Waals surface area contributed by atoms with E-state index in [0.29, 0.717) is 38.6 Å². The number of rotatable bonds is 6. The largest absolute Gasteiger partial charge is 0.495 e. The van der Waals surface area contributed by atoms with Crippen LogP contribution in [0.4, 0.5) is 5.69 Å². The summed E-state index contributed by atoms with van der Waals surface area (Å²) >= 11 is 12.1. The Bertz CT molecular complexity index is 1490.